The van der Waals surface area contributed by atoms with Crippen molar-refractivity contribution in [3.63, 3.8) is 0 Å². The highest BCUT2D eigenvalue weighted by atomic mass is 35.5. The summed E-state index contributed by atoms with van der Waals surface area (Å²) in [6.07, 6.45) is 2.97. The molecule has 0 radical (unpaired) electrons. The quantitative estimate of drug-likeness (QED) is 0.594. The Balaban J connectivity index is 1.82. The third-order valence-corrected chi connectivity index (χ3v) is 4.86. The van der Waals surface area contributed by atoms with Crippen LogP contribution in [0.15, 0.2) is 30.5 Å². The lowest BCUT2D eigenvalue weighted by Crippen LogP contribution is -2.32. The fourth-order valence-corrected chi connectivity index (χ4v) is 3.16. The monoisotopic (exact) mass is 363 g/mol. The topological polar surface area (TPSA) is 28.6 Å². The highest BCUT2D eigenvalue weighted by molar-refractivity contribution is 6.31. The Labute approximate surface area is 156 Å². The van der Waals surface area contributed by atoms with Gasteiger partial charge in [-0.15, -0.1) is 0 Å². The number of halogens is 1. The smallest absolute Gasteiger partial charge is 0.130 e. The standard InChI is InChI=1S/C20H30ClN3O/c1-4-23(5-2)12-7-13-24(6-3)14-15-25-20-10-11-22-19-16-17(21)8-9-18(19)20/h8-11,16H,4-7,12-15H2,1-3H3. The molecule has 0 saturated carbocycles. The number of benzene rings is 1. The molecule has 138 valence electrons. The lowest BCUT2D eigenvalue weighted by molar-refractivity contribution is 0.202. The molecule has 0 N–H and O–H groups in total. The SMILES string of the molecule is CCN(CC)CCCN(CC)CCOc1ccnc2cc(Cl)ccc12. The van der Waals surface area contributed by atoms with Crippen molar-refractivity contribution < 1.29 is 4.74 Å². The van der Waals surface area contributed by atoms with Gasteiger partial charge in [0, 0.05) is 23.2 Å². The van der Waals surface area contributed by atoms with Crippen LogP contribution in [0.2, 0.25) is 5.02 Å². The Kier molecular flexibility index (Phi) is 8.45. The van der Waals surface area contributed by atoms with E-state index in [1.54, 1.807) is 6.20 Å². The Bertz CT molecular complexity index is 646. The van der Waals surface area contributed by atoms with E-state index in [2.05, 4.69) is 35.6 Å². The second-order valence-electron chi connectivity index (χ2n) is 6.13. The fourth-order valence-electron chi connectivity index (χ4n) is 2.99. The summed E-state index contributed by atoms with van der Waals surface area (Å²) in [6, 6.07) is 7.65. The highest BCUT2D eigenvalue weighted by Crippen LogP contribution is 2.26. The molecule has 0 unspecified atom stereocenters. The normalized spacial score (nSPS) is 11.6. The predicted octanol–water partition coefficient (Wildman–Crippen LogP) is 4.32. The van der Waals surface area contributed by atoms with Crippen LogP contribution in [-0.2, 0) is 0 Å². The molecule has 0 amide bonds. The number of ether oxygens (including phenoxy) is 1. The van der Waals surface area contributed by atoms with E-state index in [0.29, 0.717) is 11.6 Å². The number of hydrogen-bond acceptors (Lipinski definition) is 4. The zero-order valence-corrected chi connectivity index (χ0v) is 16.4. The van der Waals surface area contributed by atoms with Crippen molar-refractivity contribution in [3.8, 4) is 5.75 Å². The molecule has 5 heteroatoms. The maximum Gasteiger partial charge on any atom is 0.130 e. The molecular formula is C20H30ClN3O. The van der Waals surface area contributed by atoms with E-state index in [-0.39, 0.29) is 0 Å². The molecule has 0 fully saturated rings. The van der Waals surface area contributed by atoms with Gasteiger partial charge in [0.1, 0.15) is 12.4 Å². The van der Waals surface area contributed by atoms with E-state index < -0.39 is 0 Å². The zero-order chi connectivity index (χ0) is 18.1. The first-order chi connectivity index (χ1) is 12.2. The number of fused-ring (bicyclic) bond motifs is 1. The second-order valence-corrected chi connectivity index (χ2v) is 6.57. The van der Waals surface area contributed by atoms with Gasteiger partial charge < -0.3 is 14.5 Å². The van der Waals surface area contributed by atoms with Crippen LogP contribution in [0, 0.1) is 0 Å². The Morgan fingerprint density at radius 3 is 2.40 bits per heavy atom. The third-order valence-electron chi connectivity index (χ3n) is 4.62. The van der Waals surface area contributed by atoms with Crippen molar-refractivity contribution in [1.82, 2.24) is 14.8 Å². The van der Waals surface area contributed by atoms with E-state index in [9.17, 15) is 0 Å². The van der Waals surface area contributed by atoms with Gasteiger partial charge in [0.2, 0.25) is 0 Å². The summed E-state index contributed by atoms with van der Waals surface area (Å²) in [6.45, 7) is 13.9. The number of pyridine rings is 1. The minimum Gasteiger partial charge on any atom is -0.491 e. The molecule has 4 nitrogen and oxygen atoms in total. The lowest BCUT2D eigenvalue weighted by atomic mass is 10.2. The zero-order valence-electron chi connectivity index (χ0n) is 15.7. The molecule has 0 atom stereocenters. The van der Waals surface area contributed by atoms with Crippen LogP contribution in [0.3, 0.4) is 0 Å². The van der Waals surface area contributed by atoms with Crippen molar-refractivity contribution >= 4 is 22.5 Å². The molecule has 0 spiro atoms. The summed E-state index contributed by atoms with van der Waals surface area (Å²) in [4.78, 5) is 9.27. The maximum atomic E-state index is 6.04. The largest absolute Gasteiger partial charge is 0.491 e. The van der Waals surface area contributed by atoms with Crippen LogP contribution in [0.5, 0.6) is 5.75 Å². The first-order valence-corrected chi connectivity index (χ1v) is 9.67. The number of likely N-dealkylation sites (N-methyl/N-ethyl adjacent to an activating group) is 1. The number of aromatic nitrogens is 1. The molecule has 0 aliphatic carbocycles. The summed E-state index contributed by atoms with van der Waals surface area (Å²) in [5.41, 5.74) is 0.872. The first kappa shape index (κ1) is 20.0. The maximum absolute atomic E-state index is 6.04. The molecule has 0 aliphatic heterocycles. The average molecular weight is 364 g/mol. The Hall–Kier alpha value is -1.36. The molecule has 0 bridgehead atoms. The van der Waals surface area contributed by atoms with E-state index >= 15 is 0 Å². The van der Waals surface area contributed by atoms with Crippen molar-refractivity contribution in [2.45, 2.75) is 27.2 Å². The summed E-state index contributed by atoms with van der Waals surface area (Å²) in [5.74, 6) is 0.876. The molecule has 0 aliphatic rings. The number of hydrogen-bond donors (Lipinski definition) is 0. The van der Waals surface area contributed by atoms with Crippen molar-refractivity contribution in [1.29, 1.82) is 0 Å². The fraction of sp³-hybridized carbons (Fsp3) is 0.550. The van der Waals surface area contributed by atoms with Gasteiger partial charge in [0.25, 0.3) is 0 Å². The van der Waals surface area contributed by atoms with E-state index in [1.165, 1.54) is 13.0 Å². The average Bonchev–Trinajstić information content (AvgIpc) is 2.63. The van der Waals surface area contributed by atoms with Crippen LogP contribution < -0.4 is 4.74 Å². The molecule has 1 aromatic heterocycles. The molecule has 0 saturated heterocycles. The van der Waals surface area contributed by atoms with Crippen LogP contribution in [0.1, 0.15) is 27.2 Å². The van der Waals surface area contributed by atoms with Crippen LogP contribution in [0.25, 0.3) is 10.9 Å². The Morgan fingerprint density at radius 2 is 1.68 bits per heavy atom. The summed E-state index contributed by atoms with van der Waals surface area (Å²) < 4.78 is 6.03. The second kappa shape index (κ2) is 10.6. The van der Waals surface area contributed by atoms with Gasteiger partial charge >= 0.3 is 0 Å². The first-order valence-electron chi connectivity index (χ1n) is 9.29. The molecule has 2 rings (SSSR count). The van der Waals surface area contributed by atoms with Gasteiger partial charge in [0.05, 0.1) is 5.52 Å². The van der Waals surface area contributed by atoms with Crippen LogP contribution in [0.4, 0.5) is 0 Å². The summed E-state index contributed by atoms with van der Waals surface area (Å²) in [5, 5.41) is 1.71. The lowest BCUT2D eigenvalue weighted by Gasteiger charge is -2.23. The van der Waals surface area contributed by atoms with E-state index in [4.69, 9.17) is 16.3 Å². The summed E-state index contributed by atoms with van der Waals surface area (Å²) in [7, 11) is 0. The van der Waals surface area contributed by atoms with Crippen molar-refractivity contribution in [2.75, 3.05) is 45.9 Å². The van der Waals surface area contributed by atoms with Gasteiger partial charge in [0.15, 0.2) is 0 Å². The van der Waals surface area contributed by atoms with Crippen molar-refractivity contribution in [2.24, 2.45) is 0 Å². The molecule has 1 heterocycles. The number of rotatable bonds is 11. The van der Waals surface area contributed by atoms with Crippen molar-refractivity contribution in [3.05, 3.63) is 35.5 Å². The number of nitrogens with zero attached hydrogens (tertiary/aromatic N) is 3. The molecule has 1 aromatic carbocycles. The van der Waals surface area contributed by atoms with Gasteiger partial charge in [-0.05, 0) is 63.4 Å². The molecule has 2 aromatic rings. The van der Waals surface area contributed by atoms with E-state index in [1.807, 2.05) is 24.3 Å². The minimum atomic E-state index is 0.681. The van der Waals surface area contributed by atoms with Crippen LogP contribution >= 0.6 is 11.6 Å². The summed E-state index contributed by atoms with van der Waals surface area (Å²) >= 11 is 6.04. The third kappa shape index (κ3) is 6.14. The van der Waals surface area contributed by atoms with E-state index in [0.717, 1.165) is 49.4 Å². The van der Waals surface area contributed by atoms with Gasteiger partial charge in [-0.1, -0.05) is 32.4 Å². The predicted molar refractivity (Wildman–Crippen MR) is 107 cm³/mol. The molecular weight excluding hydrogens is 334 g/mol. The Morgan fingerprint density at radius 1 is 0.960 bits per heavy atom. The van der Waals surface area contributed by atoms with Gasteiger partial charge in [-0.2, -0.15) is 0 Å². The van der Waals surface area contributed by atoms with Gasteiger partial charge in [-0.25, -0.2) is 0 Å². The van der Waals surface area contributed by atoms with Crippen LogP contribution in [-0.4, -0.2) is 60.7 Å². The minimum absolute atomic E-state index is 0.681. The van der Waals surface area contributed by atoms with Gasteiger partial charge in [-0.3, -0.25) is 4.98 Å². The molecule has 25 heavy (non-hydrogen) atoms. The highest BCUT2D eigenvalue weighted by Gasteiger charge is 2.07.